The number of rotatable bonds is 1. The van der Waals surface area contributed by atoms with E-state index in [-0.39, 0.29) is 18.2 Å². The zero-order valence-electron chi connectivity index (χ0n) is 13.7. The van der Waals surface area contributed by atoms with E-state index in [2.05, 4.69) is 5.32 Å². The third-order valence-electron chi connectivity index (χ3n) is 3.53. The number of amides is 2. The van der Waals surface area contributed by atoms with E-state index >= 15 is 0 Å². The van der Waals surface area contributed by atoms with Gasteiger partial charge in [0.15, 0.2) is 0 Å². The molecular formula is C15H26N2O4. The highest BCUT2D eigenvalue weighted by Crippen LogP contribution is 2.45. The summed E-state index contributed by atoms with van der Waals surface area (Å²) in [5.41, 5.74) is -0.964. The van der Waals surface area contributed by atoms with Gasteiger partial charge >= 0.3 is 12.2 Å². The Balaban J connectivity index is 1.75. The average Bonchev–Trinajstić information content (AvgIpc) is 2.68. The lowest BCUT2D eigenvalue weighted by Crippen LogP contribution is -2.41. The first-order valence-electron chi connectivity index (χ1n) is 7.44. The van der Waals surface area contributed by atoms with Crippen LogP contribution in [0.25, 0.3) is 0 Å². The smallest absolute Gasteiger partial charge is 0.410 e. The first-order chi connectivity index (χ1) is 9.46. The largest absolute Gasteiger partial charge is 0.444 e. The average molecular weight is 298 g/mol. The van der Waals surface area contributed by atoms with Crippen molar-refractivity contribution in [3.05, 3.63) is 0 Å². The maximum absolute atomic E-state index is 11.9. The number of nitrogens with zero attached hydrogens (tertiary/aromatic N) is 1. The Bertz CT molecular complexity index is 424. The van der Waals surface area contributed by atoms with Gasteiger partial charge in [-0.15, -0.1) is 0 Å². The Morgan fingerprint density at radius 1 is 0.952 bits per heavy atom. The summed E-state index contributed by atoms with van der Waals surface area (Å²) in [6, 6.07) is 0.124. The van der Waals surface area contributed by atoms with Crippen molar-refractivity contribution in [1.82, 2.24) is 10.2 Å². The fourth-order valence-electron chi connectivity index (χ4n) is 2.66. The third kappa shape index (κ3) is 4.25. The molecule has 0 spiro atoms. The van der Waals surface area contributed by atoms with E-state index in [0.29, 0.717) is 24.9 Å². The van der Waals surface area contributed by atoms with Crippen molar-refractivity contribution in [3.63, 3.8) is 0 Å². The monoisotopic (exact) mass is 298 g/mol. The van der Waals surface area contributed by atoms with Gasteiger partial charge in [-0.25, -0.2) is 9.59 Å². The van der Waals surface area contributed by atoms with Crippen molar-refractivity contribution in [2.45, 2.75) is 58.8 Å². The molecule has 3 atom stereocenters. The van der Waals surface area contributed by atoms with Gasteiger partial charge in [0.05, 0.1) is 0 Å². The molecule has 1 aliphatic heterocycles. The highest BCUT2D eigenvalue weighted by Gasteiger charge is 2.58. The van der Waals surface area contributed by atoms with Gasteiger partial charge in [-0.2, -0.15) is 0 Å². The summed E-state index contributed by atoms with van der Waals surface area (Å²) in [6.45, 7) is 12.4. The number of ether oxygens (including phenoxy) is 2. The van der Waals surface area contributed by atoms with Crippen molar-refractivity contribution in [2.24, 2.45) is 11.8 Å². The molecule has 0 aromatic heterocycles. The highest BCUT2D eigenvalue weighted by atomic mass is 16.6. The summed E-state index contributed by atoms with van der Waals surface area (Å²) in [4.78, 5) is 25.4. The second kappa shape index (κ2) is 5.07. The number of alkyl carbamates (subject to hydrolysis) is 1. The number of fused-ring (bicyclic) bond motifs is 1. The molecule has 1 aliphatic carbocycles. The lowest BCUT2D eigenvalue weighted by Gasteiger charge is -2.26. The van der Waals surface area contributed by atoms with Crippen LogP contribution in [0.2, 0.25) is 0 Å². The van der Waals surface area contributed by atoms with Crippen LogP contribution in [0.4, 0.5) is 9.59 Å². The molecule has 0 unspecified atom stereocenters. The Labute approximate surface area is 126 Å². The van der Waals surface area contributed by atoms with Crippen molar-refractivity contribution in [3.8, 4) is 0 Å². The summed E-state index contributed by atoms with van der Waals surface area (Å²) < 4.78 is 10.6. The molecule has 6 heteroatoms. The van der Waals surface area contributed by atoms with E-state index < -0.39 is 11.2 Å². The van der Waals surface area contributed by atoms with E-state index in [1.165, 1.54) is 0 Å². The van der Waals surface area contributed by atoms with Crippen LogP contribution >= 0.6 is 0 Å². The number of piperidine rings is 1. The zero-order chi connectivity index (χ0) is 16.0. The van der Waals surface area contributed by atoms with Crippen LogP contribution in [0, 0.1) is 11.8 Å². The molecule has 1 saturated heterocycles. The van der Waals surface area contributed by atoms with Crippen LogP contribution < -0.4 is 5.32 Å². The molecule has 1 N–H and O–H groups in total. The number of hydrogen-bond donors (Lipinski definition) is 1. The second-order valence-electron chi connectivity index (χ2n) is 7.89. The number of carbonyl (C=O) groups excluding carboxylic acids is 2. The number of likely N-dealkylation sites (tertiary alicyclic amines) is 1. The van der Waals surface area contributed by atoms with Crippen molar-refractivity contribution >= 4 is 12.2 Å². The molecule has 120 valence electrons. The maximum Gasteiger partial charge on any atom is 0.410 e. The molecule has 2 aliphatic rings. The first-order valence-corrected chi connectivity index (χ1v) is 7.44. The quantitative estimate of drug-likeness (QED) is 0.807. The summed E-state index contributed by atoms with van der Waals surface area (Å²) in [7, 11) is 0. The second-order valence-corrected chi connectivity index (χ2v) is 7.89. The normalized spacial score (nSPS) is 27.9. The molecule has 2 amide bonds. The van der Waals surface area contributed by atoms with Crippen LogP contribution in [0.5, 0.6) is 0 Å². The molecule has 0 radical (unpaired) electrons. The van der Waals surface area contributed by atoms with E-state index in [0.717, 1.165) is 0 Å². The fraction of sp³-hybridized carbons (Fsp3) is 0.867. The minimum absolute atomic E-state index is 0.124. The summed E-state index contributed by atoms with van der Waals surface area (Å²) in [5, 5.41) is 2.88. The highest BCUT2D eigenvalue weighted by molar-refractivity contribution is 5.71. The SMILES string of the molecule is CC(C)(C)OC(=O)N[C@H]1[C@@H]2CN(C(=O)OC(C)(C)C)C[C@@H]21. The minimum atomic E-state index is -0.489. The Morgan fingerprint density at radius 2 is 1.43 bits per heavy atom. The molecule has 0 aromatic rings. The number of nitrogens with one attached hydrogen (secondary N) is 1. The molecule has 1 heterocycles. The van der Waals surface area contributed by atoms with Gasteiger partial charge in [-0.05, 0) is 41.5 Å². The van der Waals surface area contributed by atoms with E-state index in [4.69, 9.17) is 9.47 Å². The number of hydrogen-bond acceptors (Lipinski definition) is 4. The molecule has 2 fully saturated rings. The summed E-state index contributed by atoms with van der Waals surface area (Å²) in [6.07, 6.45) is -0.656. The fourth-order valence-corrected chi connectivity index (χ4v) is 2.66. The summed E-state index contributed by atoms with van der Waals surface area (Å²) >= 11 is 0. The molecule has 0 bridgehead atoms. The molecule has 1 saturated carbocycles. The predicted octanol–water partition coefficient (Wildman–Crippen LogP) is 2.38. The van der Waals surface area contributed by atoms with Gasteiger partial charge in [0, 0.05) is 31.0 Å². The zero-order valence-corrected chi connectivity index (χ0v) is 13.7. The van der Waals surface area contributed by atoms with Gasteiger partial charge in [-0.3, -0.25) is 0 Å². The number of carbonyl (C=O) groups is 2. The lowest BCUT2D eigenvalue weighted by atomic mass is 10.2. The first kappa shape index (κ1) is 15.9. The molecular weight excluding hydrogens is 272 g/mol. The van der Waals surface area contributed by atoms with Gasteiger partial charge in [0.1, 0.15) is 11.2 Å². The van der Waals surface area contributed by atoms with Gasteiger partial charge in [0.2, 0.25) is 0 Å². The van der Waals surface area contributed by atoms with Crippen molar-refractivity contribution in [2.75, 3.05) is 13.1 Å². The van der Waals surface area contributed by atoms with Crippen LogP contribution in [0.1, 0.15) is 41.5 Å². The van der Waals surface area contributed by atoms with E-state index in [1.54, 1.807) is 4.90 Å². The van der Waals surface area contributed by atoms with Crippen LogP contribution in [-0.2, 0) is 9.47 Å². The Hall–Kier alpha value is -1.46. The van der Waals surface area contributed by atoms with Crippen molar-refractivity contribution in [1.29, 1.82) is 0 Å². The van der Waals surface area contributed by atoms with Crippen LogP contribution in [0.15, 0.2) is 0 Å². The van der Waals surface area contributed by atoms with E-state index in [9.17, 15) is 9.59 Å². The Morgan fingerprint density at radius 3 is 1.86 bits per heavy atom. The third-order valence-corrected chi connectivity index (χ3v) is 3.53. The molecule has 21 heavy (non-hydrogen) atoms. The van der Waals surface area contributed by atoms with Gasteiger partial charge in [0.25, 0.3) is 0 Å². The predicted molar refractivity (Wildman–Crippen MR) is 77.9 cm³/mol. The van der Waals surface area contributed by atoms with Crippen molar-refractivity contribution < 1.29 is 19.1 Å². The van der Waals surface area contributed by atoms with E-state index in [1.807, 2.05) is 41.5 Å². The Kier molecular flexibility index (Phi) is 3.84. The molecule has 6 nitrogen and oxygen atoms in total. The standard InChI is InChI=1S/C15H26N2O4/c1-14(2,3)20-12(18)16-11-9-7-17(8-10(9)11)13(19)21-15(4,5)6/h9-11H,7-8H2,1-6H3,(H,16,18)/t9-,10+,11+. The van der Waals surface area contributed by atoms with Crippen LogP contribution in [-0.4, -0.2) is 47.4 Å². The molecule has 2 rings (SSSR count). The van der Waals surface area contributed by atoms with Crippen LogP contribution in [0.3, 0.4) is 0 Å². The lowest BCUT2D eigenvalue weighted by molar-refractivity contribution is 0.0267. The topological polar surface area (TPSA) is 67.9 Å². The minimum Gasteiger partial charge on any atom is -0.444 e. The van der Waals surface area contributed by atoms with Gasteiger partial charge in [-0.1, -0.05) is 0 Å². The maximum atomic E-state index is 11.9. The van der Waals surface area contributed by atoms with Gasteiger partial charge < -0.3 is 19.7 Å². The summed E-state index contributed by atoms with van der Waals surface area (Å²) in [5.74, 6) is 0.648. The molecule has 0 aromatic carbocycles.